The molecule has 0 saturated carbocycles. The van der Waals surface area contributed by atoms with Gasteiger partial charge in [-0.1, -0.05) is 41.9 Å². The number of halogens is 2. The Labute approximate surface area is 159 Å². The number of ether oxygens (including phenoxy) is 1. The molecule has 5 nitrogen and oxygen atoms in total. The number of sulfonamides is 1. The Balaban J connectivity index is 0.00000225. The summed E-state index contributed by atoms with van der Waals surface area (Å²) in [5.41, 5.74) is 7.25. The summed E-state index contributed by atoms with van der Waals surface area (Å²) in [6.07, 6.45) is 0. The second-order valence-corrected chi connectivity index (χ2v) is 8.11. The molecule has 136 valence electrons. The van der Waals surface area contributed by atoms with Crippen LogP contribution in [0.3, 0.4) is 0 Å². The maximum absolute atomic E-state index is 13.0. The summed E-state index contributed by atoms with van der Waals surface area (Å²) in [4.78, 5) is 0.0458. The standard InChI is InChI=1S/C17H19ClN2O3S.ClH/c1-23-13-7-8-15(18)17(9-13)24(21,22)20-10-14(16(19)11-20)12-5-3-2-4-6-12;/h2-9,14,16H,10-11,19H2,1H3;1H/t14-,16+;/m0./s1. The van der Waals surface area contributed by atoms with Crippen molar-refractivity contribution >= 4 is 34.0 Å². The third-order valence-electron chi connectivity index (χ3n) is 4.32. The lowest BCUT2D eigenvalue weighted by molar-refractivity contribution is 0.412. The average Bonchev–Trinajstić information content (AvgIpc) is 2.98. The van der Waals surface area contributed by atoms with Gasteiger partial charge in [0, 0.05) is 31.1 Å². The first-order chi connectivity index (χ1) is 11.4. The van der Waals surface area contributed by atoms with Crippen LogP contribution < -0.4 is 10.5 Å². The molecule has 2 aromatic rings. The molecule has 1 fully saturated rings. The molecule has 1 heterocycles. The highest BCUT2D eigenvalue weighted by molar-refractivity contribution is 7.89. The molecule has 8 heteroatoms. The summed E-state index contributed by atoms with van der Waals surface area (Å²) in [5, 5.41) is 0.174. The second-order valence-electron chi connectivity index (χ2n) is 5.80. The number of hydrogen-bond donors (Lipinski definition) is 1. The second kappa shape index (κ2) is 7.93. The molecule has 0 aliphatic carbocycles. The first-order valence-corrected chi connectivity index (χ1v) is 9.39. The minimum Gasteiger partial charge on any atom is -0.497 e. The van der Waals surface area contributed by atoms with Crippen molar-refractivity contribution in [1.82, 2.24) is 4.31 Å². The minimum atomic E-state index is -3.73. The van der Waals surface area contributed by atoms with Gasteiger partial charge in [0.15, 0.2) is 0 Å². The van der Waals surface area contributed by atoms with E-state index >= 15 is 0 Å². The number of hydrogen-bond acceptors (Lipinski definition) is 4. The van der Waals surface area contributed by atoms with Gasteiger partial charge in [0.25, 0.3) is 0 Å². The van der Waals surface area contributed by atoms with Crippen molar-refractivity contribution in [2.24, 2.45) is 5.73 Å². The van der Waals surface area contributed by atoms with Gasteiger partial charge < -0.3 is 10.5 Å². The number of methoxy groups -OCH3 is 1. The lowest BCUT2D eigenvalue weighted by atomic mass is 9.95. The third-order valence-corrected chi connectivity index (χ3v) is 6.63. The fraction of sp³-hybridized carbons (Fsp3) is 0.294. The largest absolute Gasteiger partial charge is 0.497 e. The molecule has 1 aliphatic rings. The van der Waals surface area contributed by atoms with Crippen molar-refractivity contribution < 1.29 is 13.2 Å². The predicted octanol–water partition coefficient (Wildman–Crippen LogP) is 2.89. The number of nitrogens with zero attached hydrogens (tertiary/aromatic N) is 1. The molecule has 2 aromatic carbocycles. The Hall–Kier alpha value is -1.31. The first-order valence-electron chi connectivity index (χ1n) is 7.57. The Bertz CT molecular complexity index is 831. The van der Waals surface area contributed by atoms with Crippen molar-refractivity contribution in [3.63, 3.8) is 0 Å². The van der Waals surface area contributed by atoms with Crippen molar-refractivity contribution in [1.29, 1.82) is 0 Å². The Morgan fingerprint density at radius 2 is 1.84 bits per heavy atom. The van der Waals surface area contributed by atoms with Crippen molar-refractivity contribution in [3.05, 3.63) is 59.1 Å². The van der Waals surface area contributed by atoms with Gasteiger partial charge in [-0.2, -0.15) is 4.31 Å². The SMILES string of the molecule is COc1ccc(Cl)c(S(=O)(=O)N2C[C@@H](N)[C@H](c3ccccc3)C2)c1.Cl. The van der Waals surface area contributed by atoms with E-state index in [0.29, 0.717) is 12.3 Å². The van der Waals surface area contributed by atoms with Gasteiger partial charge in [-0.15, -0.1) is 12.4 Å². The Morgan fingerprint density at radius 1 is 1.16 bits per heavy atom. The molecule has 0 amide bonds. The molecule has 25 heavy (non-hydrogen) atoms. The van der Waals surface area contributed by atoms with Crippen LogP contribution in [-0.2, 0) is 10.0 Å². The molecule has 0 radical (unpaired) electrons. The molecule has 1 saturated heterocycles. The van der Waals surface area contributed by atoms with E-state index < -0.39 is 10.0 Å². The van der Waals surface area contributed by atoms with Crippen LogP contribution in [0.25, 0.3) is 0 Å². The van der Waals surface area contributed by atoms with Gasteiger partial charge in [-0.05, 0) is 17.7 Å². The Morgan fingerprint density at radius 3 is 2.48 bits per heavy atom. The zero-order valence-corrected chi connectivity index (χ0v) is 16.0. The van der Waals surface area contributed by atoms with Crippen LogP contribution in [0.4, 0.5) is 0 Å². The molecular formula is C17H20Cl2N2O3S. The van der Waals surface area contributed by atoms with Crippen molar-refractivity contribution in [3.8, 4) is 5.75 Å². The van der Waals surface area contributed by atoms with E-state index in [1.165, 1.54) is 23.5 Å². The van der Waals surface area contributed by atoms with Gasteiger partial charge in [0.05, 0.1) is 12.1 Å². The molecular weight excluding hydrogens is 383 g/mol. The molecule has 2 atom stereocenters. The van der Waals surface area contributed by atoms with Crippen LogP contribution >= 0.6 is 24.0 Å². The van der Waals surface area contributed by atoms with Crippen LogP contribution in [0.1, 0.15) is 11.5 Å². The quantitative estimate of drug-likeness (QED) is 0.852. The van der Waals surface area contributed by atoms with E-state index in [1.54, 1.807) is 6.07 Å². The van der Waals surface area contributed by atoms with E-state index in [-0.39, 0.29) is 40.8 Å². The summed E-state index contributed by atoms with van der Waals surface area (Å²) < 4.78 is 32.5. The van der Waals surface area contributed by atoms with Gasteiger partial charge in [-0.25, -0.2) is 8.42 Å². The van der Waals surface area contributed by atoms with E-state index in [0.717, 1.165) is 5.56 Å². The number of nitrogens with two attached hydrogens (primary N) is 1. The molecule has 0 aromatic heterocycles. The maximum Gasteiger partial charge on any atom is 0.244 e. The summed E-state index contributed by atoms with van der Waals surface area (Å²) in [7, 11) is -2.25. The molecule has 2 N–H and O–H groups in total. The molecule has 0 spiro atoms. The highest BCUT2D eigenvalue weighted by Crippen LogP contribution is 2.34. The molecule has 0 bridgehead atoms. The maximum atomic E-state index is 13.0. The van der Waals surface area contributed by atoms with Crippen LogP contribution in [-0.4, -0.2) is 39.0 Å². The van der Waals surface area contributed by atoms with Crippen molar-refractivity contribution in [2.45, 2.75) is 16.9 Å². The predicted molar refractivity (Wildman–Crippen MR) is 101 cm³/mol. The van der Waals surface area contributed by atoms with Gasteiger partial charge in [0.1, 0.15) is 10.6 Å². The summed E-state index contributed by atoms with van der Waals surface area (Å²) in [6, 6.07) is 14.1. The fourth-order valence-electron chi connectivity index (χ4n) is 2.99. The lowest BCUT2D eigenvalue weighted by Gasteiger charge is -2.18. The van der Waals surface area contributed by atoms with Crippen LogP contribution in [0, 0.1) is 0 Å². The van der Waals surface area contributed by atoms with E-state index in [1.807, 2.05) is 30.3 Å². The first kappa shape index (κ1) is 20.0. The summed E-state index contributed by atoms with van der Waals surface area (Å²) >= 11 is 6.11. The van der Waals surface area contributed by atoms with E-state index in [4.69, 9.17) is 22.1 Å². The average molecular weight is 403 g/mol. The van der Waals surface area contributed by atoms with Gasteiger partial charge in [-0.3, -0.25) is 0 Å². The van der Waals surface area contributed by atoms with Gasteiger partial charge >= 0.3 is 0 Å². The highest BCUT2D eigenvalue weighted by atomic mass is 35.5. The molecule has 0 unspecified atom stereocenters. The molecule has 1 aliphatic heterocycles. The van der Waals surface area contributed by atoms with E-state index in [9.17, 15) is 8.42 Å². The fourth-order valence-corrected chi connectivity index (χ4v) is 4.98. The smallest absolute Gasteiger partial charge is 0.244 e. The van der Waals surface area contributed by atoms with E-state index in [2.05, 4.69) is 0 Å². The normalized spacial score (nSPS) is 20.9. The Kier molecular flexibility index (Phi) is 6.35. The zero-order valence-electron chi connectivity index (χ0n) is 13.6. The van der Waals surface area contributed by atoms with Crippen LogP contribution in [0.15, 0.2) is 53.4 Å². The summed E-state index contributed by atoms with van der Waals surface area (Å²) in [6.45, 7) is 0.594. The monoisotopic (exact) mass is 402 g/mol. The van der Waals surface area contributed by atoms with Crippen molar-refractivity contribution in [2.75, 3.05) is 20.2 Å². The summed E-state index contributed by atoms with van der Waals surface area (Å²) in [5.74, 6) is 0.409. The topological polar surface area (TPSA) is 72.6 Å². The highest BCUT2D eigenvalue weighted by Gasteiger charge is 2.39. The lowest BCUT2D eigenvalue weighted by Crippen LogP contribution is -2.32. The number of benzene rings is 2. The van der Waals surface area contributed by atoms with Crippen LogP contribution in [0.2, 0.25) is 5.02 Å². The third kappa shape index (κ3) is 3.93. The molecule has 3 rings (SSSR count). The number of rotatable bonds is 4. The minimum absolute atomic E-state index is 0. The zero-order chi connectivity index (χ0) is 17.3. The van der Waals surface area contributed by atoms with Gasteiger partial charge in [0.2, 0.25) is 10.0 Å². The van der Waals surface area contributed by atoms with Crippen LogP contribution in [0.5, 0.6) is 5.75 Å².